The molecule has 0 aliphatic carbocycles. The molecule has 0 saturated heterocycles. The van der Waals surface area contributed by atoms with E-state index >= 15 is 0 Å². The molecule has 0 atom stereocenters. The van der Waals surface area contributed by atoms with E-state index in [-0.39, 0.29) is 18.1 Å². The maximum Gasteiger partial charge on any atom is 0.490 e. The van der Waals surface area contributed by atoms with Crippen LogP contribution in [0.3, 0.4) is 0 Å². The van der Waals surface area contributed by atoms with Crippen LogP contribution in [0.5, 0.6) is 0 Å². The maximum absolute atomic E-state index is 13.6. The van der Waals surface area contributed by atoms with Gasteiger partial charge in [0.1, 0.15) is 12.6 Å². The lowest BCUT2D eigenvalue weighted by Crippen LogP contribution is -2.31. The second kappa shape index (κ2) is 13.6. The smallest absolute Gasteiger partial charge is 0.453 e. The van der Waals surface area contributed by atoms with Crippen LogP contribution in [-0.2, 0) is 21.0 Å². The molecule has 11 nitrogen and oxygen atoms in total. The van der Waals surface area contributed by atoms with Gasteiger partial charge in [-0.05, 0) is 62.8 Å². The third-order valence-corrected chi connectivity index (χ3v) is 8.96. The van der Waals surface area contributed by atoms with Crippen LogP contribution in [0.1, 0.15) is 43.9 Å². The average Bonchev–Trinajstić information content (AvgIpc) is 3.27. The summed E-state index contributed by atoms with van der Waals surface area (Å²) in [5.74, 6) is 1.42. The number of fused-ring (bicyclic) bond motifs is 4. The number of carbonyl (C=O) groups is 2. The Labute approximate surface area is 260 Å². The van der Waals surface area contributed by atoms with Gasteiger partial charge in [0.05, 0.1) is 30.8 Å². The molecule has 2 bridgehead atoms. The largest absolute Gasteiger partial charge is 0.490 e. The van der Waals surface area contributed by atoms with Crippen LogP contribution in [-0.4, -0.2) is 81.9 Å². The van der Waals surface area contributed by atoms with Gasteiger partial charge in [0, 0.05) is 45.3 Å². The highest BCUT2D eigenvalue weighted by atomic mass is 32.3. The quantitative estimate of drug-likeness (QED) is 0.218. The topological polar surface area (TPSA) is 148 Å². The predicted octanol–water partition coefficient (Wildman–Crippen LogP) is 3.97. The number of pyridine rings is 1. The van der Waals surface area contributed by atoms with Gasteiger partial charge in [-0.15, -0.1) is 0 Å². The highest BCUT2D eigenvalue weighted by Crippen LogP contribution is 2.38. The zero-order chi connectivity index (χ0) is 32.2. The minimum absolute atomic E-state index is 0.172. The third-order valence-electron chi connectivity index (χ3n) is 7.57. The highest BCUT2D eigenvalue weighted by Gasteiger charge is 2.30. The first-order valence-electron chi connectivity index (χ1n) is 14.3. The molecule has 2 aromatic heterocycles. The Balaban J connectivity index is 1.91. The van der Waals surface area contributed by atoms with E-state index in [1.54, 1.807) is 24.3 Å². The molecule has 0 radical (unpaired) electrons. The van der Waals surface area contributed by atoms with E-state index in [9.17, 15) is 19.6 Å². The molecular formula is C31H42BN5O6S. The van der Waals surface area contributed by atoms with Crippen molar-refractivity contribution >= 4 is 51.6 Å². The second-order valence-corrected chi connectivity index (χ2v) is 16.9. The Morgan fingerprint density at radius 1 is 1.20 bits per heavy atom. The number of hydrogen-bond donors (Lipinski definition) is 4. The van der Waals surface area contributed by atoms with Crippen molar-refractivity contribution in [2.24, 2.45) is 5.41 Å². The van der Waals surface area contributed by atoms with Crippen molar-refractivity contribution in [1.82, 2.24) is 14.5 Å². The number of hydrogen-bond acceptors (Lipinski definition) is 8. The molecule has 0 saturated carbocycles. The molecule has 13 heteroatoms. The number of ether oxygens (including phenoxy) is 2. The molecule has 4 N–H and O–H groups in total. The van der Waals surface area contributed by atoms with Gasteiger partial charge in [-0.1, -0.05) is 26.0 Å². The first-order chi connectivity index (χ1) is 20.7. The molecule has 3 heterocycles. The number of imidazole rings is 1. The number of methoxy groups -OCH3 is 1. The van der Waals surface area contributed by atoms with E-state index < -0.39 is 28.7 Å². The minimum Gasteiger partial charge on any atom is -0.453 e. The van der Waals surface area contributed by atoms with Crippen molar-refractivity contribution in [2.45, 2.75) is 40.3 Å². The summed E-state index contributed by atoms with van der Waals surface area (Å²) in [6, 6.07) is 8.60. The Morgan fingerprint density at radius 2 is 1.95 bits per heavy atom. The van der Waals surface area contributed by atoms with Crippen molar-refractivity contribution in [1.29, 1.82) is 0 Å². The van der Waals surface area contributed by atoms with Gasteiger partial charge in [-0.3, -0.25) is 15.1 Å². The molecule has 236 valence electrons. The number of nitrogens with zero attached hydrogens (tertiary/aromatic N) is 3. The summed E-state index contributed by atoms with van der Waals surface area (Å²) in [5.41, 5.74) is 3.97. The van der Waals surface area contributed by atoms with Crippen molar-refractivity contribution in [3.63, 3.8) is 0 Å². The molecule has 1 aliphatic heterocycles. The number of amides is 2. The second-order valence-electron chi connectivity index (χ2n) is 12.4. The van der Waals surface area contributed by atoms with Gasteiger partial charge in [0.25, 0.3) is 0 Å². The summed E-state index contributed by atoms with van der Waals surface area (Å²) in [6.45, 7) is 6.58. The average molecular weight is 624 g/mol. The number of rotatable bonds is 8. The molecule has 1 aliphatic rings. The SMILES string of the molecule is COC(=O)Nc1ccc2c(c1)NC(=O)C(C)(C)CCC=C(c1ccc(B(O)O)cn1)c1nc-2c(C)n1COCCS(C)(C)C. The lowest BCUT2D eigenvalue weighted by molar-refractivity contribution is -0.124. The number of nitrogens with one attached hydrogen (secondary N) is 2. The Bertz CT molecular complexity index is 1550. The molecule has 1 aromatic carbocycles. The van der Waals surface area contributed by atoms with Crippen LogP contribution in [0, 0.1) is 12.3 Å². The summed E-state index contributed by atoms with van der Waals surface area (Å²) in [5, 5.41) is 25.0. The van der Waals surface area contributed by atoms with Gasteiger partial charge in [0.2, 0.25) is 5.91 Å². The summed E-state index contributed by atoms with van der Waals surface area (Å²) < 4.78 is 13.0. The number of carbonyl (C=O) groups excluding carboxylic acids is 2. The summed E-state index contributed by atoms with van der Waals surface area (Å²) >= 11 is 0. The van der Waals surface area contributed by atoms with Crippen LogP contribution in [0.4, 0.5) is 16.2 Å². The van der Waals surface area contributed by atoms with Gasteiger partial charge in [0.15, 0.2) is 0 Å². The zero-order valence-corrected chi connectivity index (χ0v) is 27.2. The fourth-order valence-electron chi connectivity index (χ4n) is 4.73. The van der Waals surface area contributed by atoms with Crippen LogP contribution in [0.15, 0.2) is 42.6 Å². The first-order valence-corrected chi connectivity index (χ1v) is 17.4. The van der Waals surface area contributed by atoms with E-state index in [1.165, 1.54) is 13.3 Å². The van der Waals surface area contributed by atoms with E-state index in [0.717, 1.165) is 17.0 Å². The fourth-order valence-corrected chi connectivity index (χ4v) is 5.35. The van der Waals surface area contributed by atoms with E-state index in [1.807, 2.05) is 37.5 Å². The van der Waals surface area contributed by atoms with Crippen LogP contribution < -0.4 is 16.1 Å². The lowest BCUT2D eigenvalue weighted by atomic mass is 9.81. The Morgan fingerprint density at radius 3 is 2.59 bits per heavy atom. The van der Waals surface area contributed by atoms with Crippen LogP contribution in [0.2, 0.25) is 0 Å². The van der Waals surface area contributed by atoms with Crippen LogP contribution in [0.25, 0.3) is 16.8 Å². The molecular weight excluding hydrogens is 581 g/mol. The number of anilines is 2. The van der Waals surface area contributed by atoms with Gasteiger partial charge in [-0.2, -0.15) is 0 Å². The Kier molecular flexibility index (Phi) is 10.2. The highest BCUT2D eigenvalue weighted by molar-refractivity contribution is 8.32. The molecule has 0 fully saturated rings. The molecule has 0 spiro atoms. The molecule has 4 rings (SSSR count). The summed E-state index contributed by atoms with van der Waals surface area (Å²) in [6.07, 6.45) is 10.7. The first kappa shape index (κ1) is 33.3. The lowest BCUT2D eigenvalue weighted by Gasteiger charge is -2.25. The fraction of sp³-hybridized carbons (Fsp3) is 0.419. The number of allylic oxidation sites excluding steroid dienone is 1. The summed E-state index contributed by atoms with van der Waals surface area (Å²) in [4.78, 5) is 35.2. The normalized spacial score (nSPS) is 15.2. The van der Waals surface area contributed by atoms with Gasteiger partial charge >= 0.3 is 13.2 Å². The number of benzene rings is 1. The summed E-state index contributed by atoms with van der Waals surface area (Å²) in [7, 11) is -1.09. The standard InChI is InChI=1S/C31H42BN5O6S/c1-20-27-23-12-11-22(34-30(39)42-4)17-26(23)35-29(38)31(2,3)14-8-9-24(25-13-10-21(18-33-25)32(40)41)28(36-27)37(20)19-43-15-16-44(5,6)7/h9-13,17-18,40-41H,8,14-16,19H2,1-7H3,(H,34,39)(H,35,38). The van der Waals surface area contributed by atoms with Crippen molar-refractivity contribution in [3.05, 3.63) is 59.8 Å². The maximum atomic E-state index is 13.6. The molecule has 3 aromatic rings. The van der Waals surface area contributed by atoms with Crippen molar-refractivity contribution in [2.75, 3.05) is 48.9 Å². The minimum atomic E-state index is -1.63. The molecule has 2 amide bonds. The molecule has 44 heavy (non-hydrogen) atoms. The van der Waals surface area contributed by atoms with Crippen LogP contribution >= 0.6 is 10.0 Å². The van der Waals surface area contributed by atoms with E-state index in [0.29, 0.717) is 53.6 Å². The third kappa shape index (κ3) is 7.89. The van der Waals surface area contributed by atoms with Crippen molar-refractivity contribution < 1.29 is 29.1 Å². The van der Waals surface area contributed by atoms with Crippen molar-refractivity contribution in [3.8, 4) is 11.3 Å². The van der Waals surface area contributed by atoms with Gasteiger partial charge in [-0.25, -0.2) is 19.8 Å². The monoisotopic (exact) mass is 623 g/mol. The Hall–Kier alpha value is -3.65. The van der Waals surface area contributed by atoms with E-state index in [4.69, 9.17) is 14.5 Å². The predicted molar refractivity (Wildman–Crippen MR) is 177 cm³/mol. The number of aromatic nitrogens is 3. The van der Waals surface area contributed by atoms with Gasteiger partial charge < -0.3 is 29.4 Å². The van der Waals surface area contributed by atoms with E-state index in [2.05, 4.69) is 34.4 Å². The zero-order valence-electron chi connectivity index (χ0n) is 26.4. The molecule has 0 unspecified atom stereocenters.